The number of halogens is 1. The number of thioether (sulfide) groups is 1. The number of nitrogens with zero attached hydrogens (tertiary/aromatic N) is 1. The van der Waals surface area contributed by atoms with Crippen molar-refractivity contribution in [3.63, 3.8) is 0 Å². The molecular weight excluding hydrogens is 304 g/mol. The van der Waals surface area contributed by atoms with Crippen LogP contribution in [0.2, 0.25) is 0 Å². The molecule has 0 fully saturated rings. The normalized spacial score (nSPS) is 15.6. The van der Waals surface area contributed by atoms with Gasteiger partial charge in [-0.3, -0.25) is 0 Å². The first kappa shape index (κ1) is 14.3. The Kier molecular flexibility index (Phi) is 5.30. The highest BCUT2D eigenvalue weighted by atomic mass is 79.9. The van der Waals surface area contributed by atoms with E-state index in [1.54, 1.807) is 6.92 Å². The molecule has 4 N–H and O–H groups in total. The van der Waals surface area contributed by atoms with E-state index in [1.807, 2.05) is 25.1 Å². The second-order valence-corrected chi connectivity index (χ2v) is 5.94. The SMILES string of the molecule is CC(O)C(C)Sc1cccc(Br)c1/C(N)=N/O. The lowest BCUT2D eigenvalue weighted by atomic mass is 10.2. The zero-order valence-electron chi connectivity index (χ0n) is 9.59. The number of aliphatic hydroxyl groups is 1. The van der Waals surface area contributed by atoms with Crippen LogP contribution in [0.4, 0.5) is 0 Å². The Morgan fingerprint density at radius 3 is 2.65 bits per heavy atom. The number of rotatable bonds is 4. The molecule has 1 rings (SSSR count). The van der Waals surface area contributed by atoms with Crippen LogP contribution in [0.25, 0.3) is 0 Å². The van der Waals surface area contributed by atoms with Crippen molar-refractivity contribution in [2.24, 2.45) is 10.9 Å². The fraction of sp³-hybridized carbons (Fsp3) is 0.364. The number of hydrogen-bond acceptors (Lipinski definition) is 4. The van der Waals surface area contributed by atoms with E-state index in [4.69, 9.17) is 10.9 Å². The van der Waals surface area contributed by atoms with Gasteiger partial charge in [-0.05, 0) is 35.0 Å². The second-order valence-electron chi connectivity index (χ2n) is 3.66. The van der Waals surface area contributed by atoms with E-state index < -0.39 is 6.10 Å². The molecule has 1 aromatic rings. The van der Waals surface area contributed by atoms with Gasteiger partial charge in [-0.2, -0.15) is 0 Å². The largest absolute Gasteiger partial charge is 0.409 e. The van der Waals surface area contributed by atoms with Crippen molar-refractivity contribution in [2.45, 2.75) is 30.1 Å². The Bertz CT molecular complexity index is 424. The van der Waals surface area contributed by atoms with Crippen LogP contribution in [-0.2, 0) is 0 Å². The van der Waals surface area contributed by atoms with Gasteiger partial charge < -0.3 is 16.0 Å². The first-order chi connectivity index (χ1) is 7.97. The van der Waals surface area contributed by atoms with Crippen LogP contribution in [0.1, 0.15) is 19.4 Å². The minimum Gasteiger partial charge on any atom is -0.409 e. The van der Waals surface area contributed by atoms with Crippen LogP contribution in [0.5, 0.6) is 0 Å². The summed E-state index contributed by atoms with van der Waals surface area (Å²) in [7, 11) is 0. The summed E-state index contributed by atoms with van der Waals surface area (Å²) in [5.41, 5.74) is 6.29. The highest BCUT2D eigenvalue weighted by Crippen LogP contribution is 2.32. The van der Waals surface area contributed by atoms with Gasteiger partial charge in [-0.15, -0.1) is 11.8 Å². The lowest BCUT2D eigenvalue weighted by Crippen LogP contribution is -2.18. The Hall–Kier alpha value is -0.720. The number of benzene rings is 1. The molecule has 0 aliphatic rings. The summed E-state index contributed by atoms with van der Waals surface area (Å²) in [5, 5.41) is 21.3. The predicted octanol–water partition coefficient (Wildman–Crippen LogP) is 2.41. The molecule has 2 atom stereocenters. The summed E-state index contributed by atoms with van der Waals surface area (Å²) in [6.07, 6.45) is -0.431. The van der Waals surface area contributed by atoms with Gasteiger partial charge in [0, 0.05) is 20.2 Å². The van der Waals surface area contributed by atoms with Gasteiger partial charge in [0.25, 0.3) is 0 Å². The molecule has 4 nitrogen and oxygen atoms in total. The Labute approximate surface area is 113 Å². The van der Waals surface area contributed by atoms with Crippen LogP contribution in [0.15, 0.2) is 32.7 Å². The van der Waals surface area contributed by atoms with Crippen molar-refractivity contribution in [3.05, 3.63) is 28.2 Å². The van der Waals surface area contributed by atoms with Crippen LogP contribution < -0.4 is 5.73 Å². The molecule has 2 unspecified atom stereocenters. The summed E-state index contributed by atoms with van der Waals surface area (Å²) >= 11 is 4.85. The molecule has 0 saturated heterocycles. The highest BCUT2D eigenvalue weighted by molar-refractivity contribution is 9.10. The Morgan fingerprint density at radius 1 is 1.47 bits per heavy atom. The van der Waals surface area contributed by atoms with Gasteiger partial charge in [0.05, 0.1) is 6.10 Å². The van der Waals surface area contributed by atoms with E-state index in [-0.39, 0.29) is 11.1 Å². The maximum Gasteiger partial charge on any atom is 0.172 e. The summed E-state index contributed by atoms with van der Waals surface area (Å²) in [5.74, 6) is 0.0535. The minimum atomic E-state index is -0.431. The molecule has 1 aromatic carbocycles. The fourth-order valence-electron chi connectivity index (χ4n) is 1.20. The molecule has 0 bridgehead atoms. The standard InChI is InChI=1S/C11H15BrN2O2S/c1-6(15)7(2)17-9-5-3-4-8(12)10(9)11(13)14-16/h3-7,15-16H,1-2H3,(H2,13,14). The number of aliphatic hydroxyl groups excluding tert-OH is 1. The molecule has 6 heteroatoms. The van der Waals surface area contributed by atoms with Crippen LogP contribution >= 0.6 is 27.7 Å². The minimum absolute atomic E-state index is 0.0227. The van der Waals surface area contributed by atoms with Crippen LogP contribution in [0.3, 0.4) is 0 Å². The average Bonchev–Trinajstić information content (AvgIpc) is 2.28. The Morgan fingerprint density at radius 2 is 2.12 bits per heavy atom. The molecule has 0 heterocycles. The quantitative estimate of drug-likeness (QED) is 0.262. The third kappa shape index (κ3) is 3.62. The molecular formula is C11H15BrN2O2S. The van der Waals surface area contributed by atoms with Crippen molar-refractivity contribution in [3.8, 4) is 0 Å². The molecule has 17 heavy (non-hydrogen) atoms. The number of amidine groups is 1. The summed E-state index contributed by atoms with van der Waals surface area (Å²) in [6, 6.07) is 5.57. The average molecular weight is 319 g/mol. The zero-order valence-corrected chi connectivity index (χ0v) is 12.0. The molecule has 0 saturated carbocycles. The first-order valence-electron chi connectivity index (χ1n) is 5.08. The van der Waals surface area contributed by atoms with Gasteiger partial charge in [0.2, 0.25) is 0 Å². The number of oxime groups is 1. The van der Waals surface area contributed by atoms with Crippen molar-refractivity contribution >= 4 is 33.5 Å². The van der Waals surface area contributed by atoms with Crippen molar-refractivity contribution in [2.75, 3.05) is 0 Å². The van der Waals surface area contributed by atoms with Crippen molar-refractivity contribution in [1.82, 2.24) is 0 Å². The van der Waals surface area contributed by atoms with Gasteiger partial charge in [0.1, 0.15) is 0 Å². The summed E-state index contributed by atoms with van der Waals surface area (Å²) in [6.45, 7) is 3.66. The number of hydrogen-bond donors (Lipinski definition) is 3. The van der Waals surface area contributed by atoms with Gasteiger partial charge >= 0.3 is 0 Å². The van der Waals surface area contributed by atoms with Crippen molar-refractivity contribution < 1.29 is 10.3 Å². The monoisotopic (exact) mass is 318 g/mol. The van der Waals surface area contributed by atoms with Gasteiger partial charge in [-0.25, -0.2) is 0 Å². The molecule has 0 aromatic heterocycles. The van der Waals surface area contributed by atoms with E-state index in [0.29, 0.717) is 5.56 Å². The topological polar surface area (TPSA) is 78.8 Å². The van der Waals surface area contributed by atoms with E-state index in [2.05, 4.69) is 21.1 Å². The predicted molar refractivity (Wildman–Crippen MR) is 73.7 cm³/mol. The molecule has 0 spiro atoms. The number of nitrogens with two attached hydrogens (primary N) is 1. The van der Waals surface area contributed by atoms with Gasteiger partial charge in [-0.1, -0.05) is 18.1 Å². The highest BCUT2D eigenvalue weighted by Gasteiger charge is 2.16. The van der Waals surface area contributed by atoms with E-state index >= 15 is 0 Å². The fourth-order valence-corrected chi connectivity index (χ4v) is 2.99. The molecule has 0 radical (unpaired) electrons. The summed E-state index contributed by atoms with van der Waals surface area (Å²) < 4.78 is 0.760. The van der Waals surface area contributed by atoms with E-state index in [0.717, 1.165) is 9.37 Å². The van der Waals surface area contributed by atoms with Crippen molar-refractivity contribution in [1.29, 1.82) is 0 Å². The van der Waals surface area contributed by atoms with Crippen LogP contribution in [0, 0.1) is 0 Å². The lowest BCUT2D eigenvalue weighted by Gasteiger charge is -2.16. The lowest BCUT2D eigenvalue weighted by molar-refractivity contribution is 0.196. The molecule has 0 aliphatic heterocycles. The maximum atomic E-state index is 9.49. The maximum absolute atomic E-state index is 9.49. The molecule has 0 aliphatic carbocycles. The third-order valence-corrected chi connectivity index (χ3v) is 4.35. The smallest absolute Gasteiger partial charge is 0.172 e. The van der Waals surface area contributed by atoms with Gasteiger partial charge in [0.15, 0.2) is 5.84 Å². The molecule has 0 amide bonds. The van der Waals surface area contributed by atoms with E-state index in [1.165, 1.54) is 11.8 Å². The second kappa shape index (κ2) is 6.28. The molecule has 94 valence electrons. The summed E-state index contributed by atoms with van der Waals surface area (Å²) in [4.78, 5) is 0.864. The van der Waals surface area contributed by atoms with Crippen LogP contribution in [-0.4, -0.2) is 27.5 Å². The first-order valence-corrected chi connectivity index (χ1v) is 6.75. The Balaban J connectivity index is 3.11. The third-order valence-electron chi connectivity index (χ3n) is 2.33. The zero-order chi connectivity index (χ0) is 13.0. The van der Waals surface area contributed by atoms with E-state index in [9.17, 15) is 5.11 Å².